The molecule has 0 spiro atoms. The van der Waals surface area contributed by atoms with E-state index in [1.54, 1.807) is 0 Å². The number of alkyl halides is 2. The molecule has 0 aliphatic heterocycles. The van der Waals surface area contributed by atoms with Gasteiger partial charge < -0.3 is 0 Å². The van der Waals surface area contributed by atoms with Crippen molar-refractivity contribution < 1.29 is 21.2 Å². The van der Waals surface area contributed by atoms with E-state index >= 15 is 0 Å². The molecule has 0 nitrogen and oxygen atoms in total. The van der Waals surface area contributed by atoms with Crippen LogP contribution >= 0.6 is 0 Å². The van der Waals surface area contributed by atoms with E-state index in [1.807, 2.05) is 0 Å². The predicted octanol–water partition coefficient (Wildman–Crippen LogP) is 4.76. The predicted molar refractivity (Wildman–Crippen MR) is 98.2 cm³/mol. The number of rotatable bonds is 7. The van der Waals surface area contributed by atoms with Gasteiger partial charge in [-0.1, -0.05) is 44.6 Å². The second-order valence-electron chi connectivity index (χ2n) is 3.80. The van der Waals surface area contributed by atoms with Gasteiger partial charge in [-0.2, -0.15) is 0 Å². The van der Waals surface area contributed by atoms with E-state index in [-0.39, 0.29) is 44.6 Å². The van der Waals surface area contributed by atoms with Crippen LogP contribution in [0.2, 0.25) is 0 Å². The Hall–Kier alpha value is 0.730. The zero-order valence-electron chi connectivity index (χ0n) is 9.94. The summed E-state index contributed by atoms with van der Waals surface area (Å²) >= 11 is 0.476. The molecule has 0 aromatic carbocycles. The zero-order valence-corrected chi connectivity index (χ0v) is 12.1. The van der Waals surface area contributed by atoms with Gasteiger partial charge >= 0.3 is 95.3 Å². The molecular weight excluding hydrogens is 343 g/mol. The molecule has 0 fully saturated rings. The van der Waals surface area contributed by atoms with Crippen LogP contribution in [-0.4, -0.2) is 8.35 Å². The van der Waals surface area contributed by atoms with Crippen molar-refractivity contribution in [1.29, 1.82) is 0 Å². The van der Waals surface area contributed by atoms with Gasteiger partial charge in [0, 0.05) is 0 Å². The summed E-state index contributed by atoms with van der Waals surface area (Å²) in [6.45, 7) is 11.9. The third-order valence-electron chi connectivity index (χ3n) is 3.05. The first-order valence-electron chi connectivity index (χ1n) is 5.78. The molecule has 0 saturated carbocycles. The summed E-state index contributed by atoms with van der Waals surface area (Å²) in [5.74, 6) is 1.96. The number of hydrogen-bond acceptors (Lipinski definition) is 0. The topological polar surface area (TPSA) is 0 Å². The number of halogens is 1. The van der Waals surface area contributed by atoms with E-state index in [1.165, 1.54) is 23.7 Å². The molecule has 0 bridgehead atoms. The molecule has 3 atom stereocenters. The SMILES string of the molecule is C.C.C.C.C.C.CC[I-]C(CC)C(CC)C(C)CC. The second-order valence-corrected chi connectivity index (χ2v) is 7.81. The van der Waals surface area contributed by atoms with Crippen molar-refractivity contribution in [3.63, 3.8) is 0 Å². The van der Waals surface area contributed by atoms with Crippen LogP contribution in [0.1, 0.15) is 98.4 Å². The zero-order chi connectivity index (χ0) is 10.3. The minimum atomic E-state index is 0. The molecule has 0 aliphatic carbocycles. The van der Waals surface area contributed by atoms with E-state index in [0.29, 0.717) is 21.2 Å². The van der Waals surface area contributed by atoms with Gasteiger partial charge in [-0.25, -0.2) is 0 Å². The Morgan fingerprint density at radius 2 is 1.11 bits per heavy atom. The standard InChI is InChI=1S/C12H26I.6CH4/c1-6-10(5)11(7-2)12(8-3)13-9-4;;;;;;/h10-12H,6-9H2,1-5H3;6*1H4/q-1;;;;;;. The molecule has 0 N–H and O–H groups in total. The first-order valence-corrected chi connectivity index (χ1v) is 8.55. The third-order valence-corrected chi connectivity index (χ3v) is 6.87. The quantitative estimate of drug-likeness (QED) is 0.432. The van der Waals surface area contributed by atoms with Crippen LogP contribution in [0.25, 0.3) is 0 Å². The Bertz CT molecular complexity index is 112. The van der Waals surface area contributed by atoms with Crippen LogP contribution in [0.4, 0.5) is 0 Å². The molecule has 0 aliphatic rings. The average Bonchev–Trinajstić information content (AvgIpc) is 2.17. The Kier molecular flexibility index (Phi) is 61.0. The molecule has 0 aromatic heterocycles. The van der Waals surface area contributed by atoms with Crippen molar-refractivity contribution in [2.45, 2.75) is 102 Å². The molecule has 0 radical (unpaired) electrons. The molecule has 0 heterocycles. The van der Waals surface area contributed by atoms with Gasteiger partial charge in [0.2, 0.25) is 0 Å². The summed E-state index contributed by atoms with van der Waals surface area (Å²) < 4.78 is 2.55. The molecule has 0 aromatic rings. The molecule has 0 amide bonds. The Morgan fingerprint density at radius 1 is 0.684 bits per heavy atom. The fraction of sp³-hybridized carbons (Fsp3) is 1.00. The summed E-state index contributed by atoms with van der Waals surface area (Å²) in [5, 5.41) is 0. The molecule has 0 rings (SSSR count). The fourth-order valence-electron chi connectivity index (χ4n) is 2.04. The van der Waals surface area contributed by atoms with Crippen molar-refractivity contribution in [2.75, 3.05) is 4.43 Å². The summed E-state index contributed by atoms with van der Waals surface area (Å²) in [4.78, 5) is 0. The Morgan fingerprint density at radius 3 is 1.32 bits per heavy atom. The van der Waals surface area contributed by atoms with E-state index in [2.05, 4.69) is 34.6 Å². The maximum absolute atomic E-state index is 2.44. The first-order chi connectivity index (χ1) is 6.21. The van der Waals surface area contributed by atoms with Crippen molar-refractivity contribution in [3.8, 4) is 0 Å². The fourth-order valence-corrected chi connectivity index (χ4v) is 5.67. The maximum atomic E-state index is 2.44. The van der Waals surface area contributed by atoms with Gasteiger partial charge in [0.05, 0.1) is 0 Å². The normalized spacial score (nSPS) is 12.7. The van der Waals surface area contributed by atoms with E-state index < -0.39 is 0 Å². The van der Waals surface area contributed by atoms with E-state index in [0.717, 1.165) is 15.8 Å². The van der Waals surface area contributed by atoms with E-state index in [9.17, 15) is 0 Å². The summed E-state index contributed by atoms with van der Waals surface area (Å²) in [7, 11) is 0. The molecule has 3 unspecified atom stereocenters. The van der Waals surface area contributed by atoms with Gasteiger partial charge in [0.25, 0.3) is 0 Å². The summed E-state index contributed by atoms with van der Waals surface area (Å²) in [6.07, 6.45) is 4.18. The van der Waals surface area contributed by atoms with Crippen LogP contribution in [0, 0.1) is 11.8 Å². The van der Waals surface area contributed by atoms with Crippen LogP contribution in [0.5, 0.6) is 0 Å². The molecule has 1 heteroatoms. The van der Waals surface area contributed by atoms with Gasteiger partial charge in [-0.3, -0.25) is 0 Å². The average molecular weight is 394 g/mol. The van der Waals surface area contributed by atoms with Crippen molar-refractivity contribution in [1.82, 2.24) is 0 Å². The van der Waals surface area contributed by atoms with Crippen LogP contribution in [0.15, 0.2) is 0 Å². The monoisotopic (exact) mass is 393 g/mol. The van der Waals surface area contributed by atoms with Gasteiger partial charge in [-0.05, 0) is 0 Å². The third kappa shape index (κ3) is 16.7. The number of hydrogen-bond donors (Lipinski definition) is 0. The Labute approximate surface area is 139 Å². The summed E-state index contributed by atoms with van der Waals surface area (Å²) in [6, 6.07) is 0. The molecular formula is C18H50I-. The molecule has 130 valence electrons. The molecule has 0 saturated heterocycles. The van der Waals surface area contributed by atoms with Crippen molar-refractivity contribution in [2.24, 2.45) is 11.8 Å². The minimum absolute atomic E-state index is 0. The first kappa shape index (κ1) is 42.7. The Balaban J connectivity index is -0.0000000480. The van der Waals surface area contributed by atoms with Gasteiger partial charge in [0.1, 0.15) is 0 Å². The van der Waals surface area contributed by atoms with Gasteiger partial charge in [-0.15, -0.1) is 0 Å². The molecule has 19 heavy (non-hydrogen) atoms. The van der Waals surface area contributed by atoms with Gasteiger partial charge in [0.15, 0.2) is 0 Å². The van der Waals surface area contributed by atoms with Crippen LogP contribution < -0.4 is 21.2 Å². The van der Waals surface area contributed by atoms with Crippen LogP contribution in [-0.2, 0) is 0 Å². The van der Waals surface area contributed by atoms with Crippen LogP contribution in [0.3, 0.4) is 0 Å². The van der Waals surface area contributed by atoms with Crippen molar-refractivity contribution >= 4 is 0 Å². The van der Waals surface area contributed by atoms with Crippen molar-refractivity contribution in [3.05, 3.63) is 0 Å². The summed E-state index contributed by atoms with van der Waals surface area (Å²) in [5.41, 5.74) is 0. The second kappa shape index (κ2) is 27.1. The van der Waals surface area contributed by atoms with E-state index in [4.69, 9.17) is 0 Å².